The van der Waals surface area contributed by atoms with Crippen LogP contribution in [0.2, 0.25) is 0 Å². The number of carbonyl (C=O) groups is 2. The van der Waals surface area contributed by atoms with Gasteiger partial charge in [0.15, 0.2) is 24.8 Å². The fourth-order valence-electron chi connectivity index (χ4n) is 7.80. The van der Waals surface area contributed by atoms with Gasteiger partial charge in [0.25, 0.3) is 0 Å². The zero-order valence-electron chi connectivity index (χ0n) is 31.3. The molecular formula is C48H44N3O5+. The minimum atomic E-state index is 0.0232. The number of hydrogen-bond acceptors (Lipinski definition) is 5. The summed E-state index contributed by atoms with van der Waals surface area (Å²) in [7, 11) is 0. The number of carbonyl (C=O) groups excluding carboxylic acids is 2. The fraction of sp³-hybridized carbons (Fsp3) is 0.208. The smallest absolute Gasteiger partial charge is 0.347 e. The van der Waals surface area contributed by atoms with Gasteiger partial charge in [-0.1, -0.05) is 121 Å². The van der Waals surface area contributed by atoms with E-state index in [-0.39, 0.29) is 29.9 Å². The van der Waals surface area contributed by atoms with Crippen LogP contribution in [0.25, 0.3) is 43.4 Å². The summed E-state index contributed by atoms with van der Waals surface area (Å²) in [6.07, 6.45) is 8.83. The molecule has 0 saturated heterocycles. The first-order valence-corrected chi connectivity index (χ1v) is 19.5. The van der Waals surface area contributed by atoms with E-state index in [1.165, 1.54) is 0 Å². The molecule has 0 aliphatic rings. The maximum absolute atomic E-state index is 13.8. The first-order chi connectivity index (χ1) is 27.6. The van der Waals surface area contributed by atoms with Gasteiger partial charge in [0.05, 0.1) is 0 Å². The van der Waals surface area contributed by atoms with Gasteiger partial charge in [0.1, 0.15) is 4.91 Å². The number of nitrogens with zero attached hydrogens (tertiary/aromatic N) is 3. The largest absolute Gasteiger partial charge is 0.477 e. The number of ketones is 2. The number of benzene rings is 6. The maximum Gasteiger partial charge on any atom is 0.477 e. The van der Waals surface area contributed by atoms with E-state index in [0.29, 0.717) is 35.1 Å². The molecule has 0 unspecified atom stereocenters. The highest BCUT2D eigenvalue weighted by molar-refractivity contribution is 6.22. The molecule has 0 atom stereocenters. The molecule has 56 heavy (non-hydrogen) atoms. The van der Waals surface area contributed by atoms with Crippen LogP contribution in [0.3, 0.4) is 0 Å². The Bertz CT molecular complexity index is 2500. The van der Waals surface area contributed by atoms with Crippen LogP contribution < -0.4 is 0 Å². The predicted octanol–water partition coefficient (Wildman–Crippen LogP) is 11.0. The van der Waals surface area contributed by atoms with Crippen molar-refractivity contribution in [3.8, 4) is 0 Å². The third-order valence-electron chi connectivity index (χ3n) is 10.6. The molecule has 280 valence electrons. The van der Waals surface area contributed by atoms with E-state index in [0.717, 1.165) is 82.1 Å². The van der Waals surface area contributed by atoms with Crippen LogP contribution in [0.5, 0.6) is 0 Å². The van der Waals surface area contributed by atoms with Crippen molar-refractivity contribution in [2.75, 3.05) is 13.2 Å². The lowest BCUT2D eigenvalue weighted by Gasteiger charge is -2.05. The molecule has 8 aromatic rings. The predicted molar refractivity (Wildman–Crippen MR) is 222 cm³/mol. The van der Waals surface area contributed by atoms with Crippen molar-refractivity contribution in [1.29, 1.82) is 0 Å². The van der Waals surface area contributed by atoms with Gasteiger partial charge in [-0.25, -0.2) is 0 Å². The Morgan fingerprint density at radius 1 is 0.429 bits per heavy atom. The minimum Gasteiger partial charge on any atom is -0.347 e. The van der Waals surface area contributed by atoms with Crippen LogP contribution >= 0.6 is 0 Å². The summed E-state index contributed by atoms with van der Waals surface area (Å²) in [6, 6.07) is 43.8. The third-order valence-corrected chi connectivity index (χ3v) is 10.6. The van der Waals surface area contributed by atoms with Crippen LogP contribution in [0.4, 0.5) is 0 Å². The molecule has 8 heteroatoms. The summed E-state index contributed by atoms with van der Waals surface area (Å²) >= 11 is 0. The summed E-state index contributed by atoms with van der Waals surface area (Å²) in [5.74, 6) is 0.0463. The molecule has 0 N–H and O–H groups in total. The molecule has 8 rings (SSSR count). The molecule has 2 aromatic heterocycles. The van der Waals surface area contributed by atoms with Crippen molar-refractivity contribution < 1.29 is 24.4 Å². The van der Waals surface area contributed by atoms with Crippen molar-refractivity contribution in [1.82, 2.24) is 9.13 Å². The minimum absolute atomic E-state index is 0.0232. The highest BCUT2D eigenvalue weighted by Crippen LogP contribution is 2.29. The number of para-hydroxylation sites is 2. The molecule has 8 nitrogen and oxygen atoms in total. The Labute approximate surface area is 325 Å². The Hall–Kier alpha value is -6.54. The lowest BCUT2D eigenvalue weighted by molar-refractivity contribution is -0.981. The molecule has 6 aromatic carbocycles. The molecular weight excluding hydrogens is 699 g/mol. The summed E-state index contributed by atoms with van der Waals surface area (Å²) in [5.41, 5.74) is 4.89. The van der Waals surface area contributed by atoms with Gasteiger partial charge >= 0.3 is 5.09 Å². The van der Waals surface area contributed by atoms with E-state index in [2.05, 4.69) is 21.3 Å². The number of unbranched alkanes of at least 4 members (excludes halogenated alkanes) is 4. The van der Waals surface area contributed by atoms with Gasteiger partial charge in [-0.05, 0) is 72.2 Å². The standard InChI is InChI=1S/C48H44N3O5/c52-47(41-25-15-19-35-17-3-5-21-37(35)41)43-33-49(45-27-9-7-23-39(43)45)29-11-1-13-31-55-51(54)56-32-14-2-12-30-50-34-44(40-24-8-10-28-46(40)50)48(53)42-26-16-20-36-18-4-6-22-38(36)42/h3-10,15-28,33-34H,1-2,11-14,29-32H2/q+1. The van der Waals surface area contributed by atoms with E-state index < -0.39 is 0 Å². The lowest BCUT2D eigenvalue weighted by Crippen LogP contribution is -2.12. The van der Waals surface area contributed by atoms with Gasteiger partial charge in [0, 0.05) is 69.5 Å². The van der Waals surface area contributed by atoms with E-state index in [9.17, 15) is 14.5 Å². The van der Waals surface area contributed by atoms with Crippen LogP contribution in [-0.2, 0) is 22.8 Å². The van der Waals surface area contributed by atoms with Crippen molar-refractivity contribution in [2.45, 2.75) is 51.6 Å². The van der Waals surface area contributed by atoms with E-state index in [4.69, 9.17) is 9.68 Å². The molecule has 0 amide bonds. The van der Waals surface area contributed by atoms with Gasteiger partial charge in [0.2, 0.25) is 0 Å². The number of rotatable bonds is 18. The molecule has 0 aliphatic heterocycles. The van der Waals surface area contributed by atoms with Crippen molar-refractivity contribution in [3.05, 3.63) is 173 Å². The summed E-state index contributed by atoms with van der Waals surface area (Å²) in [6.45, 7) is 2.03. The first-order valence-electron chi connectivity index (χ1n) is 19.5. The summed E-state index contributed by atoms with van der Waals surface area (Å²) in [4.78, 5) is 50.3. The normalized spacial score (nSPS) is 11.4. The molecule has 0 spiro atoms. The number of hydrogen-bond donors (Lipinski definition) is 0. The lowest BCUT2D eigenvalue weighted by atomic mass is 9.97. The molecule has 0 fully saturated rings. The molecule has 2 heterocycles. The molecule has 0 aliphatic carbocycles. The van der Waals surface area contributed by atoms with Gasteiger partial charge in [-0.2, -0.15) is 9.68 Å². The van der Waals surface area contributed by atoms with Gasteiger partial charge in [-0.3, -0.25) is 9.59 Å². The number of fused-ring (bicyclic) bond motifs is 4. The van der Waals surface area contributed by atoms with E-state index in [1.807, 2.05) is 134 Å². The summed E-state index contributed by atoms with van der Waals surface area (Å²) < 4.78 is 4.31. The summed E-state index contributed by atoms with van der Waals surface area (Å²) in [5, 5.41) is 6.14. The number of aromatic nitrogens is 2. The SMILES string of the molecule is O=C(c1cccc2ccccc12)c1cn(CCCCCO[N+](=O)OCCCCCn2cc(C(=O)c3cccc4ccccc34)c3ccccc32)c2ccccc12. The van der Waals surface area contributed by atoms with Crippen LogP contribution in [0, 0.1) is 4.91 Å². The van der Waals surface area contributed by atoms with Crippen LogP contribution in [0.1, 0.15) is 70.4 Å². The zero-order chi connectivity index (χ0) is 38.3. The number of aryl methyl sites for hydroxylation is 2. The highest BCUT2D eigenvalue weighted by Gasteiger charge is 2.20. The second-order valence-corrected chi connectivity index (χ2v) is 14.2. The van der Waals surface area contributed by atoms with E-state index >= 15 is 0 Å². The second kappa shape index (κ2) is 16.9. The van der Waals surface area contributed by atoms with Crippen molar-refractivity contribution >= 4 is 54.9 Å². The van der Waals surface area contributed by atoms with Gasteiger partial charge in [-0.15, -0.1) is 0 Å². The Kier molecular flexibility index (Phi) is 11.0. The molecule has 0 radical (unpaired) electrons. The highest BCUT2D eigenvalue weighted by atomic mass is 17.0. The topological polar surface area (TPSA) is 82.5 Å². The second-order valence-electron chi connectivity index (χ2n) is 14.2. The average Bonchev–Trinajstić information content (AvgIpc) is 3.81. The monoisotopic (exact) mass is 742 g/mol. The quantitative estimate of drug-likeness (QED) is 0.0497. The third kappa shape index (κ3) is 7.68. The Balaban J connectivity index is 0.762. The molecule has 0 bridgehead atoms. The first kappa shape index (κ1) is 36.4. The van der Waals surface area contributed by atoms with Crippen molar-refractivity contribution in [2.24, 2.45) is 0 Å². The van der Waals surface area contributed by atoms with E-state index in [1.54, 1.807) is 0 Å². The zero-order valence-corrected chi connectivity index (χ0v) is 31.3. The van der Waals surface area contributed by atoms with Crippen LogP contribution in [-0.4, -0.2) is 39.0 Å². The maximum atomic E-state index is 13.8. The van der Waals surface area contributed by atoms with Gasteiger partial charge < -0.3 is 9.13 Å². The Morgan fingerprint density at radius 3 is 1.29 bits per heavy atom. The van der Waals surface area contributed by atoms with Crippen LogP contribution in [0.15, 0.2) is 146 Å². The Morgan fingerprint density at radius 2 is 0.821 bits per heavy atom. The molecule has 0 saturated carbocycles. The average molecular weight is 743 g/mol. The van der Waals surface area contributed by atoms with Crippen molar-refractivity contribution in [3.63, 3.8) is 0 Å². The fourth-order valence-corrected chi connectivity index (χ4v) is 7.80.